The van der Waals surface area contributed by atoms with Gasteiger partial charge in [-0.2, -0.15) is 0 Å². The molecule has 0 saturated carbocycles. The predicted molar refractivity (Wildman–Crippen MR) is 115 cm³/mol. The molecule has 1 saturated heterocycles. The highest BCUT2D eigenvalue weighted by molar-refractivity contribution is 7.99. The van der Waals surface area contributed by atoms with Crippen molar-refractivity contribution in [2.75, 3.05) is 16.9 Å². The summed E-state index contributed by atoms with van der Waals surface area (Å²) in [5, 5.41) is 14.0. The minimum absolute atomic E-state index is 0.0728. The highest BCUT2D eigenvalue weighted by Crippen LogP contribution is 2.24. The van der Waals surface area contributed by atoms with Gasteiger partial charge in [0.15, 0.2) is 0 Å². The van der Waals surface area contributed by atoms with E-state index in [9.17, 15) is 19.7 Å². The third kappa shape index (κ3) is 4.83. The first-order valence-corrected chi connectivity index (χ1v) is 10.2. The third-order valence-corrected chi connectivity index (χ3v) is 5.79. The lowest BCUT2D eigenvalue weighted by Gasteiger charge is -2.22. The molecule has 150 valence electrons. The molecule has 1 atom stereocenters. The van der Waals surface area contributed by atoms with Crippen molar-refractivity contribution in [3.05, 3.63) is 75.3 Å². The van der Waals surface area contributed by atoms with E-state index >= 15 is 0 Å². The Hall–Kier alpha value is -3.13. The van der Waals surface area contributed by atoms with Crippen LogP contribution in [0.5, 0.6) is 0 Å². The lowest BCUT2D eigenvalue weighted by atomic mass is 10.1. The van der Waals surface area contributed by atoms with Gasteiger partial charge in [0.2, 0.25) is 11.8 Å². The number of rotatable bonds is 5. The van der Waals surface area contributed by atoms with Crippen LogP contribution in [0, 0.1) is 24.0 Å². The second-order valence-corrected chi connectivity index (χ2v) is 7.76. The van der Waals surface area contributed by atoms with Gasteiger partial charge in [0.25, 0.3) is 5.69 Å². The number of thioether (sulfide) groups is 1. The van der Waals surface area contributed by atoms with Crippen molar-refractivity contribution < 1.29 is 14.5 Å². The normalized spacial score (nSPS) is 16.2. The summed E-state index contributed by atoms with van der Waals surface area (Å²) >= 11 is 1.49. The van der Waals surface area contributed by atoms with Gasteiger partial charge in [0, 0.05) is 23.6 Å². The number of nitrogens with zero attached hydrogens (tertiary/aromatic N) is 2. The number of para-hydroxylation sites is 1. The number of amides is 2. The zero-order valence-electron chi connectivity index (χ0n) is 16.1. The molecule has 7 nitrogen and oxygen atoms in total. The molecule has 0 aromatic heterocycles. The van der Waals surface area contributed by atoms with Gasteiger partial charge in [-0.1, -0.05) is 18.2 Å². The third-order valence-electron chi connectivity index (χ3n) is 4.78. The van der Waals surface area contributed by atoms with Gasteiger partial charge in [-0.3, -0.25) is 19.7 Å². The molecule has 3 rings (SSSR count). The van der Waals surface area contributed by atoms with Crippen molar-refractivity contribution >= 4 is 41.0 Å². The molecule has 0 spiro atoms. The summed E-state index contributed by atoms with van der Waals surface area (Å²) in [6, 6.07) is 11.3. The van der Waals surface area contributed by atoms with Gasteiger partial charge < -0.3 is 10.2 Å². The second kappa shape index (κ2) is 8.91. The zero-order chi connectivity index (χ0) is 21.0. The molecule has 1 N–H and O–H groups in total. The summed E-state index contributed by atoms with van der Waals surface area (Å²) in [5.74, 6) is 0.298. The smallest absolute Gasteiger partial charge is 0.276 e. The Labute approximate surface area is 172 Å². The number of hydrogen-bond acceptors (Lipinski definition) is 5. The molecule has 0 aliphatic carbocycles. The molecule has 2 aromatic rings. The van der Waals surface area contributed by atoms with Crippen molar-refractivity contribution in [2.24, 2.45) is 0 Å². The van der Waals surface area contributed by atoms with Crippen LogP contribution >= 0.6 is 11.8 Å². The quantitative estimate of drug-likeness (QED) is 0.459. The number of carbonyl (C=O) groups excluding carboxylic acids is 2. The molecule has 0 radical (unpaired) electrons. The largest absolute Gasteiger partial charge is 0.324 e. The molecule has 8 heteroatoms. The highest BCUT2D eigenvalue weighted by Gasteiger charge is 2.33. The number of carbonyl (C=O) groups is 2. The van der Waals surface area contributed by atoms with Crippen molar-refractivity contribution in [2.45, 2.75) is 19.9 Å². The van der Waals surface area contributed by atoms with E-state index < -0.39 is 11.0 Å². The predicted octanol–water partition coefficient (Wildman–Crippen LogP) is 3.77. The SMILES string of the molecule is Cc1ccc(NC(=O)C2CSCN2C(=O)C=Cc2ccccc2[N+](=O)[O-])cc1C. The Kier molecular flexibility index (Phi) is 6.33. The van der Waals surface area contributed by atoms with Crippen molar-refractivity contribution in [3.8, 4) is 0 Å². The standard InChI is InChI=1S/C21H21N3O4S/c1-14-7-9-17(11-15(14)2)22-21(26)19-12-29-13-23(19)20(25)10-8-16-5-3-4-6-18(16)24(27)28/h3-11,19H,12-13H2,1-2H3,(H,22,26). The number of benzene rings is 2. The maximum absolute atomic E-state index is 12.7. The van der Waals surface area contributed by atoms with E-state index in [0.29, 0.717) is 22.9 Å². The number of hydrogen-bond donors (Lipinski definition) is 1. The van der Waals surface area contributed by atoms with E-state index in [0.717, 1.165) is 11.1 Å². The fourth-order valence-corrected chi connectivity index (χ4v) is 4.14. The molecule has 0 bridgehead atoms. The molecule has 1 fully saturated rings. The molecule has 1 aliphatic heterocycles. The van der Waals surface area contributed by atoms with Gasteiger partial charge in [0.1, 0.15) is 6.04 Å². The Morgan fingerprint density at radius 3 is 2.69 bits per heavy atom. The fourth-order valence-electron chi connectivity index (χ4n) is 2.97. The first-order chi connectivity index (χ1) is 13.9. The van der Waals surface area contributed by atoms with Crippen molar-refractivity contribution in [1.29, 1.82) is 0 Å². The monoisotopic (exact) mass is 411 g/mol. The first-order valence-electron chi connectivity index (χ1n) is 9.05. The number of anilines is 1. The Bertz CT molecular complexity index is 990. The number of aryl methyl sites for hydroxylation is 2. The lowest BCUT2D eigenvalue weighted by Crippen LogP contribution is -2.43. The lowest BCUT2D eigenvalue weighted by molar-refractivity contribution is -0.385. The topological polar surface area (TPSA) is 92.6 Å². The molecule has 1 unspecified atom stereocenters. The van der Waals surface area contributed by atoms with Crippen LogP contribution in [-0.2, 0) is 9.59 Å². The highest BCUT2D eigenvalue weighted by atomic mass is 32.2. The summed E-state index contributed by atoms with van der Waals surface area (Å²) < 4.78 is 0. The van der Waals surface area contributed by atoms with Gasteiger partial charge >= 0.3 is 0 Å². The molecule has 1 heterocycles. The molecule has 2 aromatic carbocycles. The summed E-state index contributed by atoms with van der Waals surface area (Å²) in [6.07, 6.45) is 2.70. The van der Waals surface area contributed by atoms with Gasteiger partial charge in [-0.15, -0.1) is 11.8 Å². The average molecular weight is 411 g/mol. The molecular weight excluding hydrogens is 390 g/mol. The van der Waals surface area contributed by atoms with Crippen molar-refractivity contribution in [3.63, 3.8) is 0 Å². The second-order valence-electron chi connectivity index (χ2n) is 6.76. The van der Waals surface area contributed by atoms with E-state index in [1.165, 1.54) is 34.9 Å². The van der Waals surface area contributed by atoms with E-state index in [1.807, 2.05) is 32.0 Å². The maximum Gasteiger partial charge on any atom is 0.276 e. The summed E-state index contributed by atoms with van der Waals surface area (Å²) in [4.78, 5) is 37.4. The Morgan fingerprint density at radius 1 is 1.21 bits per heavy atom. The minimum Gasteiger partial charge on any atom is -0.324 e. The maximum atomic E-state index is 12.7. The summed E-state index contributed by atoms with van der Waals surface area (Å²) in [6.45, 7) is 3.97. The Balaban J connectivity index is 1.71. The number of nitro groups is 1. The molecular formula is C21H21N3O4S. The van der Waals surface area contributed by atoms with Crippen LogP contribution < -0.4 is 5.32 Å². The molecule has 2 amide bonds. The van der Waals surface area contributed by atoms with Crippen LogP contribution in [-0.4, -0.2) is 39.3 Å². The fraction of sp³-hybridized carbons (Fsp3) is 0.238. The van der Waals surface area contributed by atoms with Gasteiger partial charge in [-0.25, -0.2) is 0 Å². The van der Waals surface area contributed by atoms with Crippen LogP contribution in [0.25, 0.3) is 6.08 Å². The van der Waals surface area contributed by atoms with Crippen LogP contribution in [0.15, 0.2) is 48.5 Å². The zero-order valence-corrected chi connectivity index (χ0v) is 16.9. The molecule has 29 heavy (non-hydrogen) atoms. The van der Waals surface area contributed by atoms with Crippen LogP contribution in [0.1, 0.15) is 16.7 Å². The summed E-state index contributed by atoms with van der Waals surface area (Å²) in [7, 11) is 0. The average Bonchev–Trinajstić information content (AvgIpc) is 3.19. The minimum atomic E-state index is -0.593. The van der Waals surface area contributed by atoms with E-state index in [1.54, 1.807) is 18.2 Å². The molecule has 1 aliphatic rings. The summed E-state index contributed by atoms with van der Waals surface area (Å²) in [5.41, 5.74) is 3.17. The Morgan fingerprint density at radius 2 is 1.97 bits per heavy atom. The van der Waals surface area contributed by atoms with E-state index in [4.69, 9.17) is 0 Å². The number of nitro benzene ring substituents is 1. The van der Waals surface area contributed by atoms with E-state index in [2.05, 4.69) is 5.32 Å². The van der Waals surface area contributed by atoms with Crippen LogP contribution in [0.4, 0.5) is 11.4 Å². The van der Waals surface area contributed by atoms with Gasteiger partial charge in [0.05, 0.1) is 16.4 Å². The van der Waals surface area contributed by atoms with Crippen LogP contribution in [0.2, 0.25) is 0 Å². The van der Waals surface area contributed by atoms with Crippen LogP contribution in [0.3, 0.4) is 0 Å². The van der Waals surface area contributed by atoms with Gasteiger partial charge in [-0.05, 0) is 49.2 Å². The first kappa shape index (κ1) is 20.6. The van der Waals surface area contributed by atoms with E-state index in [-0.39, 0.29) is 17.5 Å². The van der Waals surface area contributed by atoms with Crippen molar-refractivity contribution in [1.82, 2.24) is 4.90 Å². The number of nitrogens with one attached hydrogen (secondary N) is 1.